The smallest absolute Gasteiger partial charge is 0.243 e. The molecule has 108 valence electrons. The molecule has 0 spiro atoms. The maximum absolute atomic E-state index is 12.1. The minimum absolute atomic E-state index is 0.00717. The number of benzene rings is 1. The van der Waals surface area contributed by atoms with Crippen LogP contribution >= 0.6 is 34.5 Å². The second kappa shape index (κ2) is 6.43. The van der Waals surface area contributed by atoms with Crippen molar-refractivity contribution in [2.24, 2.45) is 5.73 Å². The second-order valence-corrected chi connectivity index (χ2v) is 8.05. The minimum Gasteiger partial charge on any atom is -0.326 e. The summed E-state index contributed by atoms with van der Waals surface area (Å²) in [6.07, 6.45) is 0. The maximum atomic E-state index is 12.1. The summed E-state index contributed by atoms with van der Waals surface area (Å²) >= 11 is 12.6. The van der Waals surface area contributed by atoms with Crippen LogP contribution in [0.25, 0.3) is 0 Å². The van der Waals surface area contributed by atoms with Gasteiger partial charge in [-0.05, 0) is 17.2 Å². The first-order chi connectivity index (χ1) is 9.42. The molecule has 4 nitrogen and oxygen atoms in total. The van der Waals surface area contributed by atoms with Crippen LogP contribution in [0.5, 0.6) is 0 Å². The van der Waals surface area contributed by atoms with Crippen LogP contribution < -0.4 is 10.5 Å². The molecule has 1 aromatic heterocycles. The topological polar surface area (TPSA) is 72.2 Å². The molecule has 1 aromatic carbocycles. The van der Waals surface area contributed by atoms with Crippen molar-refractivity contribution < 1.29 is 8.42 Å². The first-order valence-electron chi connectivity index (χ1n) is 5.65. The average Bonchev–Trinajstić information content (AvgIpc) is 2.77. The van der Waals surface area contributed by atoms with E-state index in [4.69, 9.17) is 28.9 Å². The van der Waals surface area contributed by atoms with Gasteiger partial charge < -0.3 is 5.73 Å². The normalized spacial score (nSPS) is 11.8. The Balaban J connectivity index is 2.11. The average molecular weight is 351 g/mol. The van der Waals surface area contributed by atoms with E-state index in [1.165, 1.54) is 6.07 Å². The summed E-state index contributed by atoms with van der Waals surface area (Å²) in [5, 5.41) is 0. The lowest BCUT2D eigenvalue weighted by atomic mass is 10.1. The van der Waals surface area contributed by atoms with Crippen LogP contribution in [0.15, 0.2) is 35.2 Å². The zero-order valence-electron chi connectivity index (χ0n) is 10.3. The van der Waals surface area contributed by atoms with Gasteiger partial charge in [-0.3, -0.25) is 0 Å². The van der Waals surface area contributed by atoms with Crippen molar-refractivity contribution in [1.29, 1.82) is 0 Å². The zero-order chi connectivity index (χ0) is 14.8. The highest BCUT2D eigenvalue weighted by Gasteiger charge is 2.20. The Kier molecular flexibility index (Phi) is 5.06. The molecular formula is C12H12Cl2N2O2S2. The van der Waals surface area contributed by atoms with E-state index >= 15 is 0 Å². The van der Waals surface area contributed by atoms with Gasteiger partial charge >= 0.3 is 0 Å². The molecule has 0 bridgehead atoms. The van der Waals surface area contributed by atoms with Crippen LogP contribution in [-0.4, -0.2) is 8.42 Å². The van der Waals surface area contributed by atoms with E-state index in [2.05, 4.69) is 4.72 Å². The molecule has 0 fully saturated rings. The summed E-state index contributed by atoms with van der Waals surface area (Å²) < 4.78 is 27.2. The lowest BCUT2D eigenvalue weighted by Crippen LogP contribution is -2.23. The van der Waals surface area contributed by atoms with Crippen LogP contribution in [0.4, 0.5) is 0 Å². The quantitative estimate of drug-likeness (QED) is 0.870. The van der Waals surface area contributed by atoms with E-state index in [-0.39, 0.29) is 15.8 Å². The van der Waals surface area contributed by atoms with Crippen LogP contribution in [0.3, 0.4) is 0 Å². The fraction of sp³-hybridized carbons (Fsp3) is 0.167. The first-order valence-corrected chi connectivity index (χ1v) is 8.70. The largest absolute Gasteiger partial charge is 0.326 e. The fourth-order valence-corrected chi connectivity index (χ4v) is 4.72. The summed E-state index contributed by atoms with van der Waals surface area (Å²) in [6.45, 7) is 0.631. The van der Waals surface area contributed by atoms with Crippen molar-refractivity contribution in [1.82, 2.24) is 4.72 Å². The number of rotatable bonds is 5. The van der Waals surface area contributed by atoms with Crippen molar-refractivity contribution in [3.63, 3.8) is 0 Å². The van der Waals surface area contributed by atoms with E-state index < -0.39 is 10.0 Å². The van der Waals surface area contributed by atoms with Gasteiger partial charge in [0.1, 0.15) is 9.23 Å². The van der Waals surface area contributed by atoms with Crippen LogP contribution in [0.2, 0.25) is 8.67 Å². The number of halogens is 2. The lowest BCUT2D eigenvalue weighted by molar-refractivity contribution is 0.582. The molecule has 0 aliphatic rings. The molecule has 2 rings (SSSR count). The molecule has 0 aliphatic heterocycles. The van der Waals surface area contributed by atoms with E-state index in [0.29, 0.717) is 10.9 Å². The monoisotopic (exact) mass is 350 g/mol. The molecule has 0 aliphatic carbocycles. The molecule has 2 aromatic rings. The standard InChI is InChI=1S/C12H12Cl2N2O2S2/c13-11-5-10(12(14)19-11)20(17,18)16-7-9-3-1-8(6-15)2-4-9/h1-5,16H,6-7,15H2. The first kappa shape index (κ1) is 15.8. The molecular weight excluding hydrogens is 339 g/mol. The highest BCUT2D eigenvalue weighted by atomic mass is 35.5. The van der Waals surface area contributed by atoms with Gasteiger partial charge in [0.05, 0.1) is 4.34 Å². The molecule has 1 heterocycles. The van der Waals surface area contributed by atoms with Crippen molar-refractivity contribution >= 4 is 44.6 Å². The van der Waals surface area contributed by atoms with Crippen LogP contribution in [-0.2, 0) is 23.1 Å². The van der Waals surface area contributed by atoms with Crippen LogP contribution in [0, 0.1) is 0 Å². The summed E-state index contributed by atoms with van der Waals surface area (Å²) in [5.74, 6) is 0. The molecule has 0 saturated carbocycles. The van der Waals surface area contributed by atoms with Gasteiger partial charge in [-0.2, -0.15) is 0 Å². The van der Waals surface area contributed by atoms with Gasteiger partial charge in [0.25, 0.3) is 0 Å². The molecule has 8 heteroatoms. The predicted molar refractivity (Wildman–Crippen MR) is 82.7 cm³/mol. The molecule has 0 amide bonds. The van der Waals surface area contributed by atoms with Gasteiger partial charge in [0.15, 0.2) is 0 Å². The van der Waals surface area contributed by atoms with Gasteiger partial charge in [0.2, 0.25) is 10.0 Å². The molecule has 0 unspecified atom stereocenters. The maximum Gasteiger partial charge on any atom is 0.243 e. The third-order valence-corrected chi connectivity index (χ3v) is 5.79. The Morgan fingerprint density at radius 2 is 1.75 bits per heavy atom. The SMILES string of the molecule is NCc1ccc(CNS(=O)(=O)c2cc(Cl)sc2Cl)cc1. The number of nitrogens with two attached hydrogens (primary N) is 1. The number of hydrogen-bond donors (Lipinski definition) is 2. The highest BCUT2D eigenvalue weighted by molar-refractivity contribution is 7.89. The Hall–Kier alpha value is -0.630. The van der Waals surface area contributed by atoms with Crippen molar-refractivity contribution in [3.05, 3.63) is 50.1 Å². The molecule has 0 atom stereocenters. The highest BCUT2D eigenvalue weighted by Crippen LogP contribution is 2.34. The van der Waals surface area contributed by atoms with E-state index in [1.807, 2.05) is 24.3 Å². The van der Waals surface area contributed by atoms with E-state index in [0.717, 1.165) is 22.5 Å². The third-order valence-electron chi connectivity index (χ3n) is 2.64. The van der Waals surface area contributed by atoms with Gasteiger partial charge in [0, 0.05) is 13.1 Å². The molecule has 20 heavy (non-hydrogen) atoms. The number of sulfonamides is 1. The van der Waals surface area contributed by atoms with Crippen molar-refractivity contribution in [3.8, 4) is 0 Å². The number of nitrogens with one attached hydrogen (secondary N) is 1. The predicted octanol–water partition coefficient (Wildman–Crippen LogP) is 2.99. The van der Waals surface area contributed by atoms with Crippen molar-refractivity contribution in [2.45, 2.75) is 18.0 Å². The molecule has 3 N–H and O–H groups in total. The lowest BCUT2D eigenvalue weighted by Gasteiger charge is -2.06. The van der Waals surface area contributed by atoms with Crippen molar-refractivity contribution in [2.75, 3.05) is 0 Å². The zero-order valence-corrected chi connectivity index (χ0v) is 13.4. The summed E-state index contributed by atoms with van der Waals surface area (Å²) in [5.41, 5.74) is 7.33. The summed E-state index contributed by atoms with van der Waals surface area (Å²) in [6, 6.07) is 8.71. The molecule has 0 saturated heterocycles. The second-order valence-electron chi connectivity index (χ2n) is 4.03. The number of thiophene rings is 1. The van der Waals surface area contributed by atoms with E-state index in [9.17, 15) is 8.42 Å². The minimum atomic E-state index is -3.66. The summed E-state index contributed by atoms with van der Waals surface area (Å²) in [4.78, 5) is 0.00717. The van der Waals surface area contributed by atoms with E-state index in [1.54, 1.807) is 0 Å². The van der Waals surface area contributed by atoms with Crippen LogP contribution in [0.1, 0.15) is 11.1 Å². The Labute approximate surface area is 131 Å². The Bertz CT molecular complexity index is 697. The fourth-order valence-electron chi connectivity index (χ4n) is 1.56. The summed E-state index contributed by atoms with van der Waals surface area (Å²) in [7, 11) is -3.66. The van der Waals surface area contributed by atoms with Gasteiger partial charge in [-0.15, -0.1) is 11.3 Å². The molecule has 0 radical (unpaired) electrons. The Morgan fingerprint density at radius 3 is 2.25 bits per heavy atom. The number of hydrogen-bond acceptors (Lipinski definition) is 4. The van der Waals surface area contributed by atoms with Gasteiger partial charge in [-0.25, -0.2) is 13.1 Å². The third kappa shape index (κ3) is 3.72. The Morgan fingerprint density at radius 1 is 1.15 bits per heavy atom. The van der Waals surface area contributed by atoms with Gasteiger partial charge in [-0.1, -0.05) is 47.5 Å².